The van der Waals surface area contributed by atoms with Crippen molar-refractivity contribution in [1.82, 2.24) is 0 Å². The predicted molar refractivity (Wildman–Crippen MR) is 70.3 cm³/mol. The Bertz CT molecular complexity index is 279. The van der Waals surface area contributed by atoms with Gasteiger partial charge in [0.05, 0.1) is 18.1 Å². The first-order chi connectivity index (χ1) is 9.47. The van der Waals surface area contributed by atoms with Crippen LogP contribution in [-0.4, -0.2) is 30.1 Å². The zero-order valence-electron chi connectivity index (χ0n) is 11.9. The average Bonchev–Trinajstić information content (AvgIpc) is 2.91. The van der Waals surface area contributed by atoms with E-state index in [0.717, 1.165) is 32.3 Å². The van der Waals surface area contributed by atoms with Gasteiger partial charge in [-0.3, -0.25) is 0 Å². The van der Waals surface area contributed by atoms with Crippen molar-refractivity contribution in [3.8, 4) is 0 Å². The number of rotatable bonds is 5. The zero-order valence-corrected chi connectivity index (χ0v) is 11.9. The molecule has 1 heterocycles. The predicted octanol–water partition coefficient (Wildman–Crippen LogP) is 4.07. The van der Waals surface area contributed by atoms with Gasteiger partial charge in [0, 0.05) is 6.61 Å². The molecule has 1 saturated heterocycles. The van der Waals surface area contributed by atoms with Gasteiger partial charge in [-0.15, -0.1) is 0 Å². The van der Waals surface area contributed by atoms with Crippen molar-refractivity contribution in [3.05, 3.63) is 0 Å². The Hall–Kier alpha value is -0.290. The van der Waals surface area contributed by atoms with E-state index in [4.69, 9.17) is 4.74 Å². The normalized spacial score (nSPS) is 33.3. The maximum atomic E-state index is 12.6. The summed E-state index contributed by atoms with van der Waals surface area (Å²) in [7, 11) is 0. The summed E-state index contributed by atoms with van der Waals surface area (Å²) in [4.78, 5) is 0. The highest BCUT2D eigenvalue weighted by Crippen LogP contribution is 2.40. The van der Waals surface area contributed by atoms with Crippen molar-refractivity contribution in [2.75, 3.05) is 6.61 Å². The van der Waals surface area contributed by atoms with Crippen LogP contribution in [0.1, 0.15) is 57.8 Å². The van der Waals surface area contributed by atoms with Crippen LogP contribution >= 0.6 is 0 Å². The van der Waals surface area contributed by atoms with Crippen LogP contribution in [0.15, 0.2) is 0 Å². The molecule has 20 heavy (non-hydrogen) atoms. The number of hydrogen-bond acceptors (Lipinski definition) is 2. The summed E-state index contributed by atoms with van der Waals surface area (Å²) < 4.78 is 43.2. The van der Waals surface area contributed by atoms with Crippen LogP contribution in [0.2, 0.25) is 0 Å². The Morgan fingerprint density at radius 1 is 1.10 bits per heavy atom. The van der Waals surface area contributed by atoms with E-state index in [2.05, 4.69) is 0 Å². The van der Waals surface area contributed by atoms with Crippen LogP contribution < -0.4 is 0 Å². The third-order valence-electron chi connectivity index (χ3n) is 4.83. The smallest absolute Gasteiger partial charge is 0.391 e. The van der Waals surface area contributed by atoms with Crippen LogP contribution in [0, 0.1) is 11.8 Å². The number of hydrogen-bond donors (Lipinski definition) is 1. The van der Waals surface area contributed by atoms with Gasteiger partial charge >= 0.3 is 6.18 Å². The van der Waals surface area contributed by atoms with Crippen molar-refractivity contribution in [2.45, 2.75) is 76.2 Å². The molecule has 2 atom stereocenters. The highest BCUT2D eigenvalue weighted by Gasteiger charge is 2.42. The first-order valence-electron chi connectivity index (χ1n) is 7.83. The number of alkyl halides is 3. The van der Waals surface area contributed by atoms with E-state index in [1.165, 1.54) is 0 Å². The third-order valence-corrected chi connectivity index (χ3v) is 4.83. The summed E-state index contributed by atoms with van der Waals surface area (Å²) in [6.07, 6.45) is 2.00. The first kappa shape index (κ1) is 16.1. The average molecular weight is 294 g/mol. The highest BCUT2D eigenvalue weighted by molar-refractivity contribution is 4.81. The number of halogens is 3. The molecule has 5 heteroatoms. The van der Waals surface area contributed by atoms with Gasteiger partial charge in [-0.1, -0.05) is 0 Å². The molecule has 2 nitrogen and oxygen atoms in total. The lowest BCUT2D eigenvalue weighted by molar-refractivity contribution is -0.185. The van der Waals surface area contributed by atoms with Crippen molar-refractivity contribution in [1.29, 1.82) is 0 Å². The van der Waals surface area contributed by atoms with Crippen molar-refractivity contribution >= 4 is 0 Å². The molecular weight excluding hydrogens is 269 g/mol. The Kier molecular flexibility index (Phi) is 5.73. The molecule has 1 saturated carbocycles. The van der Waals surface area contributed by atoms with E-state index in [9.17, 15) is 18.3 Å². The quantitative estimate of drug-likeness (QED) is 0.828. The molecule has 1 aliphatic heterocycles. The molecule has 0 radical (unpaired) electrons. The van der Waals surface area contributed by atoms with Gasteiger partial charge in [0.25, 0.3) is 0 Å². The van der Waals surface area contributed by atoms with Crippen LogP contribution in [-0.2, 0) is 4.74 Å². The molecule has 0 aromatic rings. The molecule has 0 aromatic heterocycles. The fraction of sp³-hybridized carbons (Fsp3) is 1.00. The van der Waals surface area contributed by atoms with Crippen LogP contribution in [0.4, 0.5) is 13.2 Å². The van der Waals surface area contributed by atoms with Crippen molar-refractivity contribution in [3.63, 3.8) is 0 Å². The summed E-state index contributed by atoms with van der Waals surface area (Å²) in [5.74, 6) is -1.10. The lowest BCUT2D eigenvalue weighted by atomic mass is 9.78. The Morgan fingerprint density at radius 3 is 2.35 bits per heavy atom. The Morgan fingerprint density at radius 2 is 1.80 bits per heavy atom. The van der Waals surface area contributed by atoms with Crippen molar-refractivity contribution < 1.29 is 23.0 Å². The maximum Gasteiger partial charge on any atom is 0.391 e. The number of aliphatic hydroxyl groups excluding tert-OH is 1. The molecule has 0 spiro atoms. The maximum absolute atomic E-state index is 12.6. The molecular formula is C15H25F3O2. The second kappa shape index (κ2) is 7.12. The monoisotopic (exact) mass is 294 g/mol. The van der Waals surface area contributed by atoms with E-state index in [0.29, 0.717) is 25.4 Å². The standard InChI is InChI=1S/C15H25F3O2/c16-15(17,18)12-8-6-11(7-9-12)14(19)5-1-3-13-4-2-10-20-13/h11-14,19H,1-10H2. The fourth-order valence-electron chi connectivity index (χ4n) is 3.49. The zero-order chi connectivity index (χ0) is 14.6. The molecule has 2 rings (SSSR count). The van der Waals surface area contributed by atoms with Crippen molar-refractivity contribution in [2.24, 2.45) is 11.8 Å². The van der Waals surface area contributed by atoms with Gasteiger partial charge in [0.15, 0.2) is 0 Å². The molecule has 2 unspecified atom stereocenters. The van der Waals surface area contributed by atoms with E-state index in [1.807, 2.05) is 0 Å². The van der Waals surface area contributed by atoms with E-state index >= 15 is 0 Å². The lowest BCUT2D eigenvalue weighted by Gasteiger charge is -2.32. The van der Waals surface area contributed by atoms with Gasteiger partial charge < -0.3 is 9.84 Å². The highest BCUT2D eigenvalue weighted by atomic mass is 19.4. The largest absolute Gasteiger partial charge is 0.393 e. The third kappa shape index (κ3) is 4.62. The molecule has 1 aliphatic carbocycles. The molecule has 2 fully saturated rings. The minimum Gasteiger partial charge on any atom is -0.393 e. The Labute approximate surface area is 118 Å². The van der Waals surface area contributed by atoms with E-state index in [1.54, 1.807) is 0 Å². The molecule has 2 aliphatic rings. The number of ether oxygens (including phenoxy) is 1. The van der Waals surface area contributed by atoms with Crippen LogP contribution in [0.3, 0.4) is 0 Å². The second-order valence-electron chi connectivity index (χ2n) is 6.29. The van der Waals surface area contributed by atoms with Gasteiger partial charge in [0.1, 0.15) is 0 Å². The molecule has 0 amide bonds. The molecule has 1 N–H and O–H groups in total. The fourth-order valence-corrected chi connectivity index (χ4v) is 3.49. The van der Waals surface area contributed by atoms with Crippen LogP contribution in [0.25, 0.3) is 0 Å². The van der Waals surface area contributed by atoms with Crippen LogP contribution in [0.5, 0.6) is 0 Å². The van der Waals surface area contributed by atoms with Gasteiger partial charge in [-0.2, -0.15) is 13.2 Å². The minimum absolute atomic E-state index is 0.0538. The van der Waals surface area contributed by atoms with Gasteiger partial charge in [-0.05, 0) is 63.7 Å². The topological polar surface area (TPSA) is 29.5 Å². The van der Waals surface area contributed by atoms with E-state index < -0.39 is 18.2 Å². The summed E-state index contributed by atoms with van der Waals surface area (Å²) in [5.41, 5.74) is 0. The van der Waals surface area contributed by atoms with Gasteiger partial charge in [-0.25, -0.2) is 0 Å². The minimum atomic E-state index is -4.06. The summed E-state index contributed by atoms with van der Waals surface area (Å²) >= 11 is 0. The molecule has 118 valence electrons. The first-order valence-corrected chi connectivity index (χ1v) is 7.83. The summed E-state index contributed by atoms with van der Waals surface area (Å²) in [6.45, 7) is 0.842. The summed E-state index contributed by atoms with van der Waals surface area (Å²) in [5, 5.41) is 10.1. The summed E-state index contributed by atoms with van der Waals surface area (Å²) in [6, 6.07) is 0. The van der Waals surface area contributed by atoms with Gasteiger partial charge in [0.2, 0.25) is 0 Å². The Balaban J connectivity index is 1.62. The molecule has 0 bridgehead atoms. The number of aliphatic hydroxyl groups is 1. The van der Waals surface area contributed by atoms with E-state index in [-0.39, 0.29) is 18.8 Å². The lowest BCUT2D eigenvalue weighted by Crippen LogP contribution is -2.32. The second-order valence-corrected chi connectivity index (χ2v) is 6.29. The molecule has 0 aromatic carbocycles. The SMILES string of the molecule is OC(CCCC1CCCO1)C1CCC(C(F)(F)F)CC1.